The molecule has 0 aliphatic carbocycles. The van der Waals surface area contributed by atoms with E-state index in [2.05, 4.69) is 10.1 Å². The number of carbonyl (C=O) groups is 1. The SMILES string of the molecule is CCOC(=O)c1c(C)ccn1Cc1ncnn1C. The smallest absolute Gasteiger partial charge is 0.355 e. The predicted molar refractivity (Wildman–Crippen MR) is 65.2 cm³/mol. The molecular formula is C12H16N4O2. The highest BCUT2D eigenvalue weighted by Gasteiger charge is 2.16. The number of aryl methyl sites for hydroxylation is 2. The van der Waals surface area contributed by atoms with E-state index in [0.717, 1.165) is 11.4 Å². The largest absolute Gasteiger partial charge is 0.461 e. The number of esters is 1. The number of ether oxygens (including phenoxy) is 1. The molecule has 0 N–H and O–H groups in total. The van der Waals surface area contributed by atoms with E-state index in [9.17, 15) is 4.79 Å². The summed E-state index contributed by atoms with van der Waals surface area (Å²) < 4.78 is 8.57. The third-order valence-corrected chi connectivity index (χ3v) is 2.75. The Kier molecular flexibility index (Phi) is 3.45. The van der Waals surface area contributed by atoms with Crippen molar-refractivity contribution >= 4 is 5.97 Å². The maximum atomic E-state index is 11.9. The Morgan fingerprint density at radius 1 is 1.50 bits per heavy atom. The third-order valence-electron chi connectivity index (χ3n) is 2.75. The van der Waals surface area contributed by atoms with Crippen molar-refractivity contribution in [1.29, 1.82) is 0 Å². The summed E-state index contributed by atoms with van der Waals surface area (Å²) in [5, 5.41) is 4.01. The first-order valence-corrected chi connectivity index (χ1v) is 5.79. The maximum absolute atomic E-state index is 11.9. The minimum atomic E-state index is -0.304. The van der Waals surface area contributed by atoms with Crippen molar-refractivity contribution in [2.24, 2.45) is 7.05 Å². The summed E-state index contributed by atoms with van der Waals surface area (Å²) in [6, 6.07) is 1.89. The highest BCUT2D eigenvalue weighted by molar-refractivity contribution is 5.89. The van der Waals surface area contributed by atoms with E-state index in [1.807, 2.05) is 30.8 Å². The van der Waals surface area contributed by atoms with E-state index in [0.29, 0.717) is 18.8 Å². The van der Waals surface area contributed by atoms with Crippen molar-refractivity contribution in [3.63, 3.8) is 0 Å². The highest BCUT2D eigenvalue weighted by atomic mass is 16.5. The molecule has 18 heavy (non-hydrogen) atoms. The first kappa shape index (κ1) is 12.3. The van der Waals surface area contributed by atoms with Crippen LogP contribution < -0.4 is 0 Å². The zero-order valence-electron chi connectivity index (χ0n) is 10.8. The third kappa shape index (κ3) is 2.27. The molecule has 2 aromatic rings. The second-order valence-electron chi connectivity index (χ2n) is 4.00. The lowest BCUT2D eigenvalue weighted by Gasteiger charge is -2.09. The molecule has 0 saturated carbocycles. The first-order chi connectivity index (χ1) is 8.63. The molecule has 0 fully saturated rings. The second kappa shape index (κ2) is 5.03. The summed E-state index contributed by atoms with van der Waals surface area (Å²) in [6.07, 6.45) is 3.35. The van der Waals surface area contributed by atoms with Gasteiger partial charge in [0, 0.05) is 13.2 Å². The van der Waals surface area contributed by atoms with Crippen LogP contribution in [-0.2, 0) is 18.3 Å². The fourth-order valence-corrected chi connectivity index (χ4v) is 1.81. The maximum Gasteiger partial charge on any atom is 0.355 e. The van der Waals surface area contributed by atoms with Crippen molar-refractivity contribution in [2.75, 3.05) is 6.61 Å². The fourth-order valence-electron chi connectivity index (χ4n) is 1.81. The van der Waals surface area contributed by atoms with Crippen LogP contribution in [0.4, 0.5) is 0 Å². The topological polar surface area (TPSA) is 61.9 Å². The lowest BCUT2D eigenvalue weighted by molar-refractivity contribution is 0.0513. The van der Waals surface area contributed by atoms with Crippen molar-refractivity contribution in [3.05, 3.63) is 35.7 Å². The summed E-state index contributed by atoms with van der Waals surface area (Å²) in [4.78, 5) is 16.0. The number of nitrogens with zero attached hydrogens (tertiary/aromatic N) is 4. The van der Waals surface area contributed by atoms with Crippen LogP contribution in [0.5, 0.6) is 0 Å². The van der Waals surface area contributed by atoms with Crippen LogP contribution >= 0.6 is 0 Å². The summed E-state index contributed by atoms with van der Waals surface area (Å²) in [6.45, 7) is 4.55. The molecule has 2 heterocycles. The van der Waals surface area contributed by atoms with Gasteiger partial charge < -0.3 is 9.30 Å². The highest BCUT2D eigenvalue weighted by Crippen LogP contribution is 2.13. The average Bonchev–Trinajstić information content (AvgIpc) is 2.88. The summed E-state index contributed by atoms with van der Waals surface area (Å²) >= 11 is 0. The Morgan fingerprint density at radius 3 is 2.89 bits per heavy atom. The van der Waals surface area contributed by atoms with Gasteiger partial charge in [-0.2, -0.15) is 5.10 Å². The minimum Gasteiger partial charge on any atom is -0.461 e. The molecule has 0 saturated heterocycles. The molecule has 0 spiro atoms. The number of hydrogen-bond acceptors (Lipinski definition) is 4. The number of hydrogen-bond donors (Lipinski definition) is 0. The quantitative estimate of drug-likeness (QED) is 0.761. The molecule has 0 radical (unpaired) electrons. The van der Waals surface area contributed by atoms with Crippen LogP contribution in [0.15, 0.2) is 18.6 Å². The van der Waals surface area contributed by atoms with Gasteiger partial charge in [0.25, 0.3) is 0 Å². The molecule has 0 bridgehead atoms. The molecule has 0 aromatic carbocycles. The van der Waals surface area contributed by atoms with Gasteiger partial charge in [-0.15, -0.1) is 0 Å². The van der Waals surface area contributed by atoms with Gasteiger partial charge in [-0.1, -0.05) is 0 Å². The monoisotopic (exact) mass is 248 g/mol. The van der Waals surface area contributed by atoms with Gasteiger partial charge in [-0.05, 0) is 25.5 Å². The van der Waals surface area contributed by atoms with Gasteiger partial charge in [-0.25, -0.2) is 9.78 Å². The molecule has 0 atom stereocenters. The van der Waals surface area contributed by atoms with E-state index < -0.39 is 0 Å². The van der Waals surface area contributed by atoms with Gasteiger partial charge in [-0.3, -0.25) is 4.68 Å². The summed E-state index contributed by atoms with van der Waals surface area (Å²) in [7, 11) is 1.82. The molecule has 6 nitrogen and oxygen atoms in total. The minimum absolute atomic E-state index is 0.304. The number of rotatable bonds is 4. The average molecular weight is 248 g/mol. The molecule has 0 aliphatic rings. The summed E-state index contributed by atoms with van der Waals surface area (Å²) in [5.41, 5.74) is 1.47. The zero-order chi connectivity index (χ0) is 13.1. The Balaban J connectivity index is 2.29. The van der Waals surface area contributed by atoms with E-state index in [-0.39, 0.29) is 5.97 Å². The van der Waals surface area contributed by atoms with Gasteiger partial charge >= 0.3 is 5.97 Å². The Bertz CT molecular complexity index is 556. The van der Waals surface area contributed by atoms with Gasteiger partial charge in [0.2, 0.25) is 0 Å². The lowest BCUT2D eigenvalue weighted by Crippen LogP contribution is -2.15. The van der Waals surface area contributed by atoms with Crippen LogP contribution in [0, 0.1) is 6.92 Å². The van der Waals surface area contributed by atoms with E-state index >= 15 is 0 Å². The molecular weight excluding hydrogens is 232 g/mol. The standard InChI is InChI=1S/C12H16N4O2/c1-4-18-12(17)11-9(2)5-6-16(11)7-10-13-8-14-15(10)3/h5-6,8H,4,7H2,1-3H3. The first-order valence-electron chi connectivity index (χ1n) is 5.79. The van der Waals surface area contributed by atoms with E-state index in [1.165, 1.54) is 6.33 Å². The van der Waals surface area contributed by atoms with E-state index in [1.54, 1.807) is 11.6 Å². The molecule has 96 valence electrons. The Labute approximate surface area is 105 Å². The molecule has 0 amide bonds. The molecule has 2 aromatic heterocycles. The Hall–Kier alpha value is -2.11. The molecule has 0 aliphatic heterocycles. The van der Waals surface area contributed by atoms with E-state index in [4.69, 9.17) is 4.74 Å². The molecule has 2 rings (SSSR count). The van der Waals surface area contributed by atoms with Crippen molar-refractivity contribution in [3.8, 4) is 0 Å². The van der Waals surface area contributed by atoms with Gasteiger partial charge in [0.05, 0.1) is 13.2 Å². The Morgan fingerprint density at radius 2 is 2.28 bits per heavy atom. The van der Waals surface area contributed by atoms with Crippen molar-refractivity contribution in [2.45, 2.75) is 20.4 Å². The normalized spacial score (nSPS) is 10.6. The van der Waals surface area contributed by atoms with Crippen LogP contribution in [0.3, 0.4) is 0 Å². The summed E-state index contributed by atoms with van der Waals surface area (Å²) in [5.74, 6) is 0.485. The van der Waals surface area contributed by atoms with Gasteiger partial charge in [0.15, 0.2) is 0 Å². The molecule has 6 heteroatoms. The van der Waals surface area contributed by atoms with Crippen LogP contribution in [0.25, 0.3) is 0 Å². The van der Waals surface area contributed by atoms with Gasteiger partial charge in [0.1, 0.15) is 17.8 Å². The zero-order valence-corrected chi connectivity index (χ0v) is 10.8. The lowest BCUT2D eigenvalue weighted by atomic mass is 10.3. The predicted octanol–water partition coefficient (Wildman–Crippen LogP) is 1.15. The number of aromatic nitrogens is 4. The second-order valence-corrected chi connectivity index (χ2v) is 4.00. The molecule has 0 unspecified atom stereocenters. The van der Waals surface area contributed by atoms with Crippen LogP contribution in [0.1, 0.15) is 28.8 Å². The fraction of sp³-hybridized carbons (Fsp3) is 0.417. The van der Waals surface area contributed by atoms with Crippen LogP contribution in [0.2, 0.25) is 0 Å². The van der Waals surface area contributed by atoms with Crippen LogP contribution in [-0.4, -0.2) is 31.9 Å². The van der Waals surface area contributed by atoms with Crippen molar-refractivity contribution < 1.29 is 9.53 Å². The van der Waals surface area contributed by atoms with Crippen molar-refractivity contribution in [1.82, 2.24) is 19.3 Å². The number of carbonyl (C=O) groups excluding carboxylic acids is 1.